The number of aromatic amines is 1. The SMILES string of the molecule is CC(C)[C@H]1CC[C@@H](C)C[C@@H]1c1cc(=O)[nH]c(-c2ccncc2)n1. The van der Waals surface area contributed by atoms with Gasteiger partial charge >= 0.3 is 0 Å². The van der Waals surface area contributed by atoms with Gasteiger partial charge in [0.15, 0.2) is 0 Å². The molecule has 1 saturated carbocycles. The number of rotatable bonds is 3. The maximum absolute atomic E-state index is 12.2. The van der Waals surface area contributed by atoms with Gasteiger partial charge in [0.25, 0.3) is 5.56 Å². The molecule has 4 nitrogen and oxygen atoms in total. The Kier molecular flexibility index (Phi) is 4.60. The lowest BCUT2D eigenvalue weighted by molar-refractivity contribution is 0.194. The average Bonchev–Trinajstić information content (AvgIpc) is 2.54. The van der Waals surface area contributed by atoms with Crippen molar-refractivity contribution in [2.75, 3.05) is 0 Å². The summed E-state index contributed by atoms with van der Waals surface area (Å²) in [6, 6.07) is 5.46. The number of hydrogen-bond acceptors (Lipinski definition) is 3. The van der Waals surface area contributed by atoms with Gasteiger partial charge in [-0.05, 0) is 42.7 Å². The van der Waals surface area contributed by atoms with Crippen LogP contribution in [0.15, 0.2) is 35.4 Å². The van der Waals surface area contributed by atoms with Crippen molar-refractivity contribution >= 4 is 0 Å². The van der Waals surface area contributed by atoms with Gasteiger partial charge in [-0.2, -0.15) is 0 Å². The van der Waals surface area contributed by atoms with E-state index in [2.05, 4.69) is 30.7 Å². The average molecular weight is 311 g/mol. The van der Waals surface area contributed by atoms with Gasteiger partial charge in [-0.25, -0.2) is 4.98 Å². The highest BCUT2D eigenvalue weighted by Gasteiger charge is 2.33. The molecule has 3 rings (SSSR count). The summed E-state index contributed by atoms with van der Waals surface area (Å²) >= 11 is 0. The Hall–Kier alpha value is -1.97. The molecule has 4 heteroatoms. The third-order valence-corrected chi connectivity index (χ3v) is 5.12. The van der Waals surface area contributed by atoms with E-state index in [4.69, 9.17) is 4.98 Å². The minimum atomic E-state index is -0.0671. The first-order valence-electron chi connectivity index (χ1n) is 8.56. The van der Waals surface area contributed by atoms with Crippen LogP contribution in [0, 0.1) is 17.8 Å². The molecular weight excluding hydrogens is 286 g/mol. The fourth-order valence-corrected chi connectivity index (χ4v) is 3.86. The number of nitrogens with one attached hydrogen (secondary N) is 1. The first-order chi connectivity index (χ1) is 11.0. The quantitative estimate of drug-likeness (QED) is 0.931. The summed E-state index contributed by atoms with van der Waals surface area (Å²) in [4.78, 5) is 23.9. The van der Waals surface area contributed by atoms with E-state index < -0.39 is 0 Å². The predicted octanol–water partition coefficient (Wildman–Crippen LogP) is 4.01. The van der Waals surface area contributed by atoms with E-state index in [0.29, 0.717) is 29.5 Å². The first-order valence-corrected chi connectivity index (χ1v) is 8.56. The van der Waals surface area contributed by atoms with E-state index in [1.54, 1.807) is 18.5 Å². The lowest BCUT2D eigenvalue weighted by Gasteiger charge is -2.37. The number of aromatic nitrogens is 3. The van der Waals surface area contributed by atoms with Crippen molar-refractivity contribution in [1.82, 2.24) is 15.0 Å². The van der Waals surface area contributed by atoms with Crippen LogP contribution in [0.4, 0.5) is 0 Å². The molecule has 2 aromatic rings. The fraction of sp³-hybridized carbons (Fsp3) is 0.526. The van der Waals surface area contributed by atoms with Crippen LogP contribution in [0.2, 0.25) is 0 Å². The smallest absolute Gasteiger partial charge is 0.251 e. The largest absolute Gasteiger partial charge is 0.307 e. The third-order valence-electron chi connectivity index (χ3n) is 5.12. The molecule has 1 aliphatic rings. The molecule has 1 fully saturated rings. The van der Waals surface area contributed by atoms with Crippen molar-refractivity contribution in [3.05, 3.63) is 46.6 Å². The Labute approximate surface area is 137 Å². The van der Waals surface area contributed by atoms with Crippen molar-refractivity contribution < 1.29 is 0 Å². The molecule has 0 aliphatic heterocycles. The minimum Gasteiger partial charge on any atom is -0.307 e. The lowest BCUT2D eigenvalue weighted by atomic mass is 9.69. The number of H-pyrrole nitrogens is 1. The van der Waals surface area contributed by atoms with Crippen LogP contribution in [0.1, 0.15) is 51.6 Å². The molecule has 0 spiro atoms. The van der Waals surface area contributed by atoms with Gasteiger partial charge in [-0.1, -0.05) is 27.2 Å². The highest BCUT2D eigenvalue weighted by atomic mass is 16.1. The van der Waals surface area contributed by atoms with Crippen molar-refractivity contribution in [2.24, 2.45) is 17.8 Å². The van der Waals surface area contributed by atoms with E-state index in [9.17, 15) is 4.79 Å². The van der Waals surface area contributed by atoms with Crippen LogP contribution >= 0.6 is 0 Å². The number of nitrogens with zero attached hydrogens (tertiary/aromatic N) is 2. The molecule has 0 amide bonds. The van der Waals surface area contributed by atoms with Gasteiger partial charge in [0.1, 0.15) is 5.82 Å². The van der Waals surface area contributed by atoms with Crippen molar-refractivity contribution in [2.45, 2.75) is 46.0 Å². The van der Waals surface area contributed by atoms with Crippen molar-refractivity contribution in [3.63, 3.8) is 0 Å². The molecule has 0 bridgehead atoms. The normalized spacial score (nSPS) is 24.8. The van der Waals surface area contributed by atoms with Crippen LogP contribution < -0.4 is 5.56 Å². The molecule has 0 radical (unpaired) electrons. The van der Waals surface area contributed by atoms with Crippen LogP contribution in [-0.2, 0) is 0 Å². The van der Waals surface area contributed by atoms with E-state index in [0.717, 1.165) is 17.7 Å². The zero-order valence-electron chi connectivity index (χ0n) is 14.1. The molecule has 23 heavy (non-hydrogen) atoms. The van der Waals surface area contributed by atoms with Gasteiger partial charge in [0, 0.05) is 29.9 Å². The van der Waals surface area contributed by atoms with Gasteiger partial charge < -0.3 is 4.98 Å². The lowest BCUT2D eigenvalue weighted by Crippen LogP contribution is -2.28. The molecule has 0 saturated heterocycles. The summed E-state index contributed by atoms with van der Waals surface area (Å²) in [5.41, 5.74) is 1.79. The van der Waals surface area contributed by atoms with Gasteiger partial charge in [-0.3, -0.25) is 9.78 Å². The van der Waals surface area contributed by atoms with E-state index in [1.165, 1.54) is 12.8 Å². The predicted molar refractivity (Wildman–Crippen MR) is 92.2 cm³/mol. The van der Waals surface area contributed by atoms with E-state index in [-0.39, 0.29) is 5.56 Å². The standard InChI is InChI=1S/C19H25N3O/c1-12(2)15-5-4-13(3)10-16(15)17-11-18(23)22-19(21-17)14-6-8-20-9-7-14/h6-9,11-13,15-16H,4-5,10H2,1-3H3,(H,21,22,23)/t13-,15-,16+/m1/s1. The van der Waals surface area contributed by atoms with Crippen LogP contribution in [-0.4, -0.2) is 15.0 Å². The number of hydrogen-bond donors (Lipinski definition) is 1. The van der Waals surface area contributed by atoms with Gasteiger partial charge in [0.05, 0.1) is 5.69 Å². The second-order valence-corrected chi connectivity index (χ2v) is 7.19. The Morgan fingerprint density at radius 3 is 2.65 bits per heavy atom. The summed E-state index contributed by atoms with van der Waals surface area (Å²) < 4.78 is 0. The number of pyridine rings is 1. The monoisotopic (exact) mass is 311 g/mol. The Balaban J connectivity index is 2.01. The minimum absolute atomic E-state index is 0.0671. The third kappa shape index (κ3) is 3.52. The Bertz CT molecular complexity index is 708. The first kappa shape index (κ1) is 15.9. The highest BCUT2D eigenvalue weighted by Crippen LogP contribution is 2.43. The Morgan fingerprint density at radius 2 is 1.96 bits per heavy atom. The Morgan fingerprint density at radius 1 is 1.22 bits per heavy atom. The molecule has 0 unspecified atom stereocenters. The summed E-state index contributed by atoms with van der Waals surface area (Å²) in [6.07, 6.45) is 7.07. The fourth-order valence-electron chi connectivity index (χ4n) is 3.86. The van der Waals surface area contributed by atoms with Crippen LogP contribution in [0.5, 0.6) is 0 Å². The summed E-state index contributed by atoms with van der Waals surface area (Å²) in [5, 5.41) is 0. The summed E-state index contributed by atoms with van der Waals surface area (Å²) in [5.74, 6) is 2.93. The van der Waals surface area contributed by atoms with Crippen molar-refractivity contribution in [3.8, 4) is 11.4 Å². The van der Waals surface area contributed by atoms with Crippen molar-refractivity contribution in [1.29, 1.82) is 0 Å². The zero-order chi connectivity index (χ0) is 16.4. The molecule has 2 heterocycles. The molecular formula is C19H25N3O. The second-order valence-electron chi connectivity index (χ2n) is 7.19. The van der Waals surface area contributed by atoms with Crippen LogP contribution in [0.3, 0.4) is 0 Å². The van der Waals surface area contributed by atoms with Gasteiger partial charge in [-0.15, -0.1) is 0 Å². The molecule has 2 aromatic heterocycles. The van der Waals surface area contributed by atoms with E-state index in [1.807, 2.05) is 12.1 Å². The molecule has 122 valence electrons. The maximum Gasteiger partial charge on any atom is 0.251 e. The van der Waals surface area contributed by atoms with E-state index >= 15 is 0 Å². The molecule has 1 aliphatic carbocycles. The zero-order valence-corrected chi connectivity index (χ0v) is 14.1. The topological polar surface area (TPSA) is 58.6 Å². The summed E-state index contributed by atoms with van der Waals surface area (Å²) in [6.45, 7) is 6.87. The summed E-state index contributed by atoms with van der Waals surface area (Å²) in [7, 11) is 0. The van der Waals surface area contributed by atoms with Gasteiger partial charge in [0.2, 0.25) is 0 Å². The second kappa shape index (κ2) is 6.65. The molecule has 1 N–H and O–H groups in total. The highest BCUT2D eigenvalue weighted by molar-refractivity contribution is 5.53. The maximum atomic E-state index is 12.2. The molecule has 3 atom stereocenters. The van der Waals surface area contributed by atoms with Crippen LogP contribution in [0.25, 0.3) is 11.4 Å². The molecule has 0 aromatic carbocycles.